The van der Waals surface area contributed by atoms with Crippen LogP contribution in [-0.2, 0) is 11.3 Å². The second kappa shape index (κ2) is 5.98. The number of carboxylic acid groups (broad SMARTS) is 1. The Labute approximate surface area is 126 Å². The first-order chi connectivity index (χ1) is 9.81. The average Bonchev–Trinajstić information content (AvgIpc) is 2.77. The smallest absolute Gasteiger partial charge is 0.347 e. The van der Waals surface area contributed by atoms with Crippen molar-refractivity contribution in [1.29, 1.82) is 0 Å². The highest BCUT2D eigenvalue weighted by Crippen LogP contribution is 2.20. The van der Waals surface area contributed by atoms with Crippen LogP contribution in [0.2, 0.25) is 0 Å². The number of amides is 2. The Kier molecular flexibility index (Phi) is 4.48. The maximum absolute atomic E-state index is 12.2. The molecule has 2 N–H and O–H groups in total. The van der Waals surface area contributed by atoms with Crippen LogP contribution in [0.25, 0.3) is 0 Å². The van der Waals surface area contributed by atoms with E-state index in [0.29, 0.717) is 30.5 Å². The van der Waals surface area contributed by atoms with E-state index in [-0.39, 0.29) is 23.0 Å². The monoisotopic (exact) mass is 313 g/mol. The number of carboxylic acids is 1. The van der Waals surface area contributed by atoms with E-state index in [1.165, 1.54) is 0 Å². The summed E-state index contributed by atoms with van der Waals surface area (Å²) < 4.78 is 5.38. The number of aromatic nitrogens is 1. The number of thiazole rings is 1. The van der Waals surface area contributed by atoms with Crippen molar-refractivity contribution in [3.63, 3.8) is 0 Å². The topological polar surface area (TPSA) is 91.8 Å². The van der Waals surface area contributed by atoms with Crippen molar-refractivity contribution in [3.8, 4) is 0 Å². The van der Waals surface area contributed by atoms with Gasteiger partial charge in [0.15, 0.2) is 0 Å². The Morgan fingerprint density at radius 3 is 2.81 bits per heavy atom. The Hall–Kier alpha value is -1.67. The van der Waals surface area contributed by atoms with Crippen LogP contribution in [0.5, 0.6) is 0 Å². The summed E-state index contributed by atoms with van der Waals surface area (Å²) in [5, 5.41) is 12.4. The highest BCUT2D eigenvalue weighted by molar-refractivity contribution is 7.13. The van der Waals surface area contributed by atoms with Crippen LogP contribution >= 0.6 is 11.3 Å². The fourth-order valence-corrected chi connectivity index (χ4v) is 3.05. The van der Waals surface area contributed by atoms with E-state index < -0.39 is 5.97 Å². The quantitative estimate of drug-likeness (QED) is 0.881. The molecule has 0 bridgehead atoms. The summed E-state index contributed by atoms with van der Waals surface area (Å²) in [6.45, 7) is 7.33. The summed E-state index contributed by atoms with van der Waals surface area (Å²) in [5.74, 6) is -0.989. The summed E-state index contributed by atoms with van der Waals surface area (Å²) in [6, 6.07) is -0.187. The number of hydrogen-bond donors (Lipinski definition) is 2. The van der Waals surface area contributed by atoms with Gasteiger partial charge >= 0.3 is 12.0 Å². The second-order valence-electron chi connectivity index (χ2n) is 5.50. The van der Waals surface area contributed by atoms with Crippen LogP contribution in [0.4, 0.5) is 4.79 Å². The van der Waals surface area contributed by atoms with Gasteiger partial charge in [-0.2, -0.15) is 0 Å². The predicted molar refractivity (Wildman–Crippen MR) is 77.7 cm³/mol. The molecule has 0 saturated carbocycles. The van der Waals surface area contributed by atoms with Crippen molar-refractivity contribution < 1.29 is 19.4 Å². The van der Waals surface area contributed by atoms with E-state index in [1.54, 1.807) is 11.8 Å². The Morgan fingerprint density at radius 1 is 1.52 bits per heavy atom. The summed E-state index contributed by atoms with van der Waals surface area (Å²) >= 11 is 1.09. The molecule has 0 radical (unpaired) electrons. The van der Waals surface area contributed by atoms with Gasteiger partial charge in [0, 0.05) is 6.54 Å². The number of nitrogens with zero attached hydrogens (tertiary/aromatic N) is 2. The minimum absolute atomic E-state index is 0.187. The van der Waals surface area contributed by atoms with Crippen LogP contribution in [0.15, 0.2) is 0 Å². The molecule has 0 atom stereocenters. The number of carbonyl (C=O) groups is 2. The molecular weight excluding hydrogens is 294 g/mol. The van der Waals surface area contributed by atoms with Crippen molar-refractivity contribution in [2.75, 3.05) is 19.8 Å². The molecule has 1 saturated heterocycles. The number of carbonyl (C=O) groups excluding carboxylic acids is 1. The molecular formula is C13H19N3O4S. The number of aryl methyl sites for hydroxylation is 1. The molecule has 1 aliphatic heterocycles. The molecule has 0 aliphatic carbocycles. The van der Waals surface area contributed by atoms with Gasteiger partial charge in [-0.25, -0.2) is 14.6 Å². The second-order valence-corrected chi connectivity index (χ2v) is 6.59. The third-order valence-corrected chi connectivity index (χ3v) is 4.46. The van der Waals surface area contributed by atoms with Gasteiger partial charge in [0.25, 0.3) is 0 Å². The van der Waals surface area contributed by atoms with E-state index in [4.69, 9.17) is 9.84 Å². The maximum Gasteiger partial charge on any atom is 0.347 e. The summed E-state index contributed by atoms with van der Waals surface area (Å²) in [7, 11) is 0. The molecule has 2 heterocycles. The molecule has 0 aromatic carbocycles. The zero-order chi connectivity index (χ0) is 15.6. The van der Waals surface area contributed by atoms with Crippen molar-refractivity contribution in [3.05, 3.63) is 15.6 Å². The maximum atomic E-state index is 12.2. The van der Waals surface area contributed by atoms with Gasteiger partial charge in [-0.05, 0) is 20.8 Å². The SMILES string of the molecule is Cc1nc(CNC(=O)N2CCOCC2(C)C)sc1C(=O)O. The number of ether oxygens (including phenoxy) is 1. The predicted octanol–water partition coefficient (Wildman–Crippen LogP) is 1.47. The van der Waals surface area contributed by atoms with E-state index >= 15 is 0 Å². The third kappa shape index (κ3) is 3.51. The zero-order valence-electron chi connectivity index (χ0n) is 12.3. The minimum atomic E-state index is -0.989. The first-order valence-electron chi connectivity index (χ1n) is 6.64. The lowest BCUT2D eigenvalue weighted by molar-refractivity contribution is -0.0278. The van der Waals surface area contributed by atoms with E-state index in [2.05, 4.69) is 10.3 Å². The Balaban J connectivity index is 1.98. The normalized spacial score (nSPS) is 17.6. The van der Waals surface area contributed by atoms with Gasteiger partial charge in [0.05, 0.1) is 31.0 Å². The van der Waals surface area contributed by atoms with Gasteiger partial charge in [-0.3, -0.25) is 0 Å². The molecule has 7 nitrogen and oxygen atoms in total. The third-order valence-electron chi connectivity index (χ3n) is 3.32. The first-order valence-corrected chi connectivity index (χ1v) is 7.46. The van der Waals surface area contributed by atoms with Crippen LogP contribution < -0.4 is 5.32 Å². The Bertz CT molecular complexity index is 556. The largest absolute Gasteiger partial charge is 0.477 e. The number of aromatic carboxylic acids is 1. The Morgan fingerprint density at radius 2 is 2.24 bits per heavy atom. The number of nitrogens with one attached hydrogen (secondary N) is 1. The van der Waals surface area contributed by atoms with Gasteiger partial charge in [-0.15, -0.1) is 11.3 Å². The summed E-state index contributed by atoms with van der Waals surface area (Å²) in [4.78, 5) is 29.3. The molecule has 2 rings (SSSR count). The van der Waals surface area contributed by atoms with Crippen LogP contribution in [0.1, 0.15) is 34.2 Å². The number of rotatable bonds is 3. The van der Waals surface area contributed by atoms with Gasteiger partial charge in [-0.1, -0.05) is 0 Å². The molecule has 1 aliphatic rings. The summed E-state index contributed by atoms with van der Waals surface area (Å²) in [5.41, 5.74) is 0.122. The molecule has 116 valence electrons. The highest BCUT2D eigenvalue weighted by Gasteiger charge is 2.34. The molecule has 1 aromatic rings. The molecule has 1 fully saturated rings. The lowest BCUT2D eigenvalue weighted by atomic mass is 10.0. The zero-order valence-corrected chi connectivity index (χ0v) is 13.1. The molecule has 2 amide bonds. The van der Waals surface area contributed by atoms with Gasteiger partial charge in [0.1, 0.15) is 9.88 Å². The number of urea groups is 1. The van der Waals surface area contributed by atoms with Crippen molar-refractivity contribution in [1.82, 2.24) is 15.2 Å². The number of morpholine rings is 1. The van der Waals surface area contributed by atoms with Gasteiger partial charge < -0.3 is 20.1 Å². The van der Waals surface area contributed by atoms with Crippen LogP contribution in [-0.4, -0.2) is 52.3 Å². The summed E-state index contributed by atoms with van der Waals surface area (Å²) in [6.07, 6.45) is 0. The van der Waals surface area contributed by atoms with Crippen molar-refractivity contribution in [2.24, 2.45) is 0 Å². The molecule has 21 heavy (non-hydrogen) atoms. The first kappa shape index (κ1) is 15.7. The lowest BCUT2D eigenvalue weighted by Gasteiger charge is -2.41. The molecule has 0 spiro atoms. The molecule has 8 heteroatoms. The fourth-order valence-electron chi connectivity index (χ4n) is 2.21. The van der Waals surface area contributed by atoms with Crippen molar-refractivity contribution in [2.45, 2.75) is 32.9 Å². The van der Waals surface area contributed by atoms with Crippen LogP contribution in [0.3, 0.4) is 0 Å². The number of hydrogen-bond acceptors (Lipinski definition) is 5. The van der Waals surface area contributed by atoms with E-state index in [1.807, 2.05) is 13.8 Å². The average molecular weight is 313 g/mol. The van der Waals surface area contributed by atoms with E-state index in [9.17, 15) is 9.59 Å². The molecule has 0 unspecified atom stereocenters. The van der Waals surface area contributed by atoms with Crippen molar-refractivity contribution >= 4 is 23.3 Å². The highest BCUT2D eigenvalue weighted by atomic mass is 32.1. The van der Waals surface area contributed by atoms with Crippen LogP contribution in [0, 0.1) is 6.92 Å². The minimum Gasteiger partial charge on any atom is -0.477 e. The standard InChI is InChI=1S/C13H19N3O4S/c1-8-10(11(17)18)21-9(15-8)6-14-12(19)16-4-5-20-7-13(16,2)3/h4-7H2,1-3H3,(H,14,19)(H,17,18). The lowest BCUT2D eigenvalue weighted by Crippen LogP contribution is -2.58. The van der Waals surface area contributed by atoms with E-state index in [0.717, 1.165) is 11.3 Å². The molecule has 1 aromatic heterocycles. The fraction of sp³-hybridized carbons (Fsp3) is 0.615. The van der Waals surface area contributed by atoms with Gasteiger partial charge in [0.2, 0.25) is 0 Å².